The summed E-state index contributed by atoms with van der Waals surface area (Å²) in [6, 6.07) is 0. The maximum Gasteiger partial charge on any atom is 0.239 e. The second kappa shape index (κ2) is 11.9. The number of methoxy groups -OCH3 is 2. The van der Waals surface area contributed by atoms with Crippen molar-refractivity contribution in [2.75, 3.05) is 60.7 Å². The molecule has 2 N–H and O–H groups in total. The molecular weight excluding hydrogens is 250 g/mol. The minimum Gasteiger partial charge on any atom is -0.385 e. The molecule has 0 rings (SSSR count). The molecule has 0 saturated heterocycles. The van der Waals surface area contributed by atoms with Gasteiger partial charge in [0.25, 0.3) is 0 Å². The monoisotopic (exact) mass is 275 g/mol. The predicted octanol–water partition coefficient (Wildman–Crippen LogP) is -1.17. The summed E-state index contributed by atoms with van der Waals surface area (Å²) >= 11 is 0. The molecule has 0 aliphatic heterocycles. The van der Waals surface area contributed by atoms with Crippen LogP contribution in [0.5, 0.6) is 0 Å². The fourth-order valence-electron chi connectivity index (χ4n) is 1.31. The molecule has 2 amide bonds. The molecule has 0 atom stereocenters. The molecule has 0 aromatic carbocycles. The molecule has 0 spiro atoms. The molecule has 0 saturated carbocycles. The number of amides is 2. The van der Waals surface area contributed by atoms with Crippen molar-refractivity contribution in [3.63, 3.8) is 0 Å². The summed E-state index contributed by atoms with van der Waals surface area (Å²) in [6.07, 6.45) is 0.762. The zero-order valence-corrected chi connectivity index (χ0v) is 12.0. The first kappa shape index (κ1) is 17.8. The van der Waals surface area contributed by atoms with Crippen molar-refractivity contribution in [3.05, 3.63) is 0 Å². The fourth-order valence-corrected chi connectivity index (χ4v) is 1.31. The summed E-state index contributed by atoms with van der Waals surface area (Å²) in [7, 11) is 4.82. The van der Waals surface area contributed by atoms with Crippen molar-refractivity contribution in [1.82, 2.24) is 15.5 Å². The molecule has 0 heterocycles. The zero-order chi connectivity index (χ0) is 14.5. The summed E-state index contributed by atoms with van der Waals surface area (Å²) < 4.78 is 9.72. The summed E-state index contributed by atoms with van der Waals surface area (Å²) in [5.41, 5.74) is 0. The maximum atomic E-state index is 11.6. The van der Waals surface area contributed by atoms with Crippen LogP contribution >= 0.6 is 0 Å². The molecule has 0 unspecified atom stereocenters. The van der Waals surface area contributed by atoms with Gasteiger partial charge in [-0.1, -0.05) is 0 Å². The number of hydrogen-bond donors (Lipinski definition) is 2. The van der Waals surface area contributed by atoms with Crippen LogP contribution < -0.4 is 10.6 Å². The predicted molar refractivity (Wildman–Crippen MR) is 71.9 cm³/mol. The summed E-state index contributed by atoms with van der Waals surface area (Å²) in [5.74, 6) is -0.285. The molecule has 7 nitrogen and oxygen atoms in total. The molecule has 0 aromatic heterocycles. The number of carbonyl (C=O) groups excluding carboxylic acids is 2. The Morgan fingerprint density at radius 1 is 1.11 bits per heavy atom. The van der Waals surface area contributed by atoms with E-state index in [2.05, 4.69) is 10.6 Å². The van der Waals surface area contributed by atoms with E-state index in [1.165, 1.54) is 4.90 Å². The Labute approximate surface area is 114 Å². The molecule has 0 aromatic rings. The van der Waals surface area contributed by atoms with Crippen molar-refractivity contribution in [2.24, 2.45) is 0 Å². The minimum absolute atomic E-state index is 0.0672. The molecule has 0 aliphatic carbocycles. The Balaban J connectivity index is 3.66. The molecule has 0 radical (unpaired) electrons. The summed E-state index contributed by atoms with van der Waals surface area (Å²) in [4.78, 5) is 24.5. The lowest BCUT2D eigenvalue weighted by Gasteiger charge is -2.17. The van der Waals surface area contributed by atoms with Gasteiger partial charge >= 0.3 is 0 Å². The molecule has 19 heavy (non-hydrogen) atoms. The van der Waals surface area contributed by atoms with Crippen LogP contribution in [0.15, 0.2) is 0 Å². The average Bonchev–Trinajstić information content (AvgIpc) is 2.39. The Morgan fingerprint density at radius 3 is 2.42 bits per heavy atom. The van der Waals surface area contributed by atoms with Gasteiger partial charge in [0.15, 0.2) is 0 Å². The van der Waals surface area contributed by atoms with Gasteiger partial charge in [0, 0.05) is 41.0 Å². The Bertz CT molecular complexity index is 261. The van der Waals surface area contributed by atoms with Gasteiger partial charge in [-0.05, 0) is 6.42 Å². The van der Waals surface area contributed by atoms with Crippen molar-refractivity contribution in [1.29, 1.82) is 0 Å². The van der Waals surface area contributed by atoms with Gasteiger partial charge in [-0.2, -0.15) is 0 Å². The van der Waals surface area contributed by atoms with E-state index >= 15 is 0 Å². The lowest BCUT2D eigenvalue weighted by Crippen LogP contribution is -2.42. The highest BCUT2D eigenvalue weighted by molar-refractivity contribution is 5.85. The van der Waals surface area contributed by atoms with E-state index in [0.717, 1.165) is 6.42 Å². The number of likely N-dealkylation sites (N-methyl/N-ethyl adjacent to an activating group) is 1. The molecule has 0 bridgehead atoms. The lowest BCUT2D eigenvalue weighted by molar-refractivity contribution is -0.134. The highest BCUT2D eigenvalue weighted by atomic mass is 16.5. The highest BCUT2D eigenvalue weighted by Crippen LogP contribution is 1.85. The zero-order valence-electron chi connectivity index (χ0n) is 12.0. The van der Waals surface area contributed by atoms with Crippen LogP contribution in [0.1, 0.15) is 6.42 Å². The first-order valence-electron chi connectivity index (χ1n) is 6.31. The second-order valence-electron chi connectivity index (χ2n) is 4.12. The van der Waals surface area contributed by atoms with Crippen molar-refractivity contribution in [3.8, 4) is 0 Å². The van der Waals surface area contributed by atoms with E-state index < -0.39 is 0 Å². The number of nitrogens with zero attached hydrogens (tertiary/aromatic N) is 1. The molecule has 0 fully saturated rings. The highest BCUT2D eigenvalue weighted by Gasteiger charge is 2.11. The van der Waals surface area contributed by atoms with Crippen LogP contribution in [-0.4, -0.2) is 77.4 Å². The van der Waals surface area contributed by atoms with Gasteiger partial charge in [-0.3, -0.25) is 9.59 Å². The fraction of sp³-hybridized carbons (Fsp3) is 0.833. The largest absolute Gasteiger partial charge is 0.385 e. The molecule has 112 valence electrons. The van der Waals surface area contributed by atoms with E-state index in [4.69, 9.17) is 9.47 Å². The van der Waals surface area contributed by atoms with Crippen molar-refractivity contribution in [2.45, 2.75) is 6.42 Å². The maximum absolute atomic E-state index is 11.6. The number of hydrogen-bond acceptors (Lipinski definition) is 5. The van der Waals surface area contributed by atoms with Crippen LogP contribution in [-0.2, 0) is 19.1 Å². The van der Waals surface area contributed by atoms with E-state index in [9.17, 15) is 9.59 Å². The Morgan fingerprint density at radius 2 is 1.79 bits per heavy atom. The quantitative estimate of drug-likeness (QED) is 0.465. The van der Waals surface area contributed by atoms with Gasteiger partial charge < -0.3 is 25.0 Å². The number of ether oxygens (including phenoxy) is 2. The third-order valence-electron chi connectivity index (χ3n) is 2.41. The Hall–Kier alpha value is -1.18. The van der Waals surface area contributed by atoms with E-state index in [1.54, 1.807) is 21.3 Å². The smallest absolute Gasteiger partial charge is 0.239 e. The van der Waals surface area contributed by atoms with Gasteiger partial charge in [0.1, 0.15) is 0 Å². The average molecular weight is 275 g/mol. The SMILES string of the molecule is COCCCNC(=O)CN(C)C(=O)CNCCOC. The standard InChI is InChI=1S/C12H25N3O4/c1-15(12(17)9-13-6-8-19-3)10-11(16)14-5-4-7-18-2/h13H,4-10H2,1-3H3,(H,14,16). The van der Waals surface area contributed by atoms with E-state index in [-0.39, 0.29) is 24.9 Å². The van der Waals surface area contributed by atoms with Crippen LogP contribution in [0.2, 0.25) is 0 Å². The number of carbonyl (C=O) groups is 2. The van der Waals surface area contributed by atoms with Gasteiger partial charge in [-0.15, -0.1) is 0 Å². The van der Waals surface area contributed by atoms with Gasteiger partial charge in [0.05, 0.1) is 19.7 Å². The van der Waals surface area contributed by atoms with E-state index in [0.29, 0.717) is 26.3 Å². The third kappa shape index (κ3) is 10.4. The molecule has 7 heteroatoms. The van der Waals surface area contributed by atoms with Gasteiger partial charge in [0.2, 0.25) is 11.8 Å². The summed E-state index contributed by atoms with van der Waals surface area (Å²) in [5, 5.41) is 5.66. The van der Waals surface area contributed by atoms with Crippen molar-refractivity contribution >= 4 is 11.8 Å². The molecule has 0 aliphatic rings. The van der Waals surface area contributed by atoms with Crippen LogP contribution in [0.3, 0.4) is 0 Å². The lowest BCUT2D eigenvalue weighted by atomic mass is 10.4. The molecular formula is C12H25N3O4. The Kier molecular flexibility index (Phi) is 11.1. The first-order chi connectivity index (χ1) is 9.11. The topological polar surface area (TPSA) is 79.9 Å². The van der Waals surface area contributed by atoms with Crippen LogP contribution in [0.4, 0.5) is 0 Å². The minimum atomic E-state index is -0.163. The normalized spacial score (nSPS) is 10.3. The second-order valence-corrected chi connectivity index (χ2v) is 4.12. The van der Waals surface area contributed by atoms with E-state index in [1.807, 2.05) is 0 Å². The number of nitrogens with one attached hydrogen (secondary N) is 2. The van der Waals surface area contributed by atoms with Crippen LogP contribution in [0, 0.1) is 0 Å². The first-order valence-corrected chi connectivity index (χ1v) is 6.31. The third-order valence-corrected chi connectivity index (χ3v) is 2.41. The van der Waals surface area contributed by atoms with Crippen LogP contribution in [0.25, 0.3) is 0 Å². The van der Waals surface area contributed by atoms with Gasteiger partial charge in [-0.25, -0.2) is 0 Å². The summed E-state index contributed by atoms with van der Waals surface area (Å²) in [6.45, 7) is 2.60. The number of rotatable bonds is 11. The van der Waals surface area contributed by atoms with Crippen molar-refractivity contribution < 1.29 is 19.1 Å².